The minimum Gasteiger partial charge on any atom is -0.489 e. The Morgan fingerprint density at radius 1 is 1.40 bits per heavy atom. The lowest BCUT2D eigenvalue weighted by atomic mass is 9.91. The van der Waals surface area contributed by atoms with Crippen LogP contribution in [0.4, 0.5) is 0 Å². The lowest BCUT2D eigenvalue weighted by molar-refractivity contribution is 0.302. The van der Waals surface area contributed by atoms with Crippen LogP contribution in [0.3, 0.4) is 0 Å². The third-order valence-corrected chi connectivity index (χ3v) is 2.75. The summed E-state index contributed by atoms with van der Waals surface area (Å²) in [4.78, 5) is 4.33. The molecular weight excluding hydrogens is 210 g/mol. The van der Waals surface area contributed by atoms with Crippen LogP contribution in [0, 0.1) is 0 Å². The third-order valence-electron chi connectivity index (χ3n) is 2.38. The van der Waals surface area contributed by atoms with Crippen molar-refractivity contribution in [3.8, 4) is 5.75 Å². The zero-order valence-electron chi connectivity index (χ0n) is 9.38. The van der Waals surface area contributed by atoms with Crippen molar-refractivity contribution in [1.29, 1.82) is 0 Å². The molecule has 1 saturated carbocycles. The van der Waals surface area contributed by atoms with Crippen molar-refractivity contribution in [1.82, 2.24) is 4.98 Å². The predicted octanol–water partition coefficient (Wildman–Crippen LogP) is 3.57. The summed E-state index contributed by atoms with van der Waals surface area (Å²) in [7, 11) is 0. The van der Waals surface area contributed by atoms with Gasteiger partial charge in [-0.15, -0.1) is 0 Å². The lowest BCUT2D eigenvalue weighted by Gasteiger charge is -2.20. The molecule has 1 heterocycles. The molecule has 0 bridgehead atoms. The van der Waals surface area contributed by atoms with Gasteiger partial charge in [0.05, 0.1) is 11.8 Å². The Kier molecular flexibility index (Phi) is 2.63. The van der Waals surface area contributed by atoms with Gasteiger partial charge in [-0.1, -0.05) is 32.4 Å². The second kappa shape index (κ2) is 3.67. The van der Waals surface area contributed by atoms with Gasteiger partial charge in [-0.25, -0.2) is 0 Å². The van der Waals surface area contributed by atoms with Crippen LogP contribution in [0.1, 0.15) is 39.3 Å². The molecule has 3 heteroatoms. The number of pyridine rings is 1. The Morgan fingerprint density at radius 3 is 2.60 bits per heavy atom. The van der Waals surface area contributed by atoms with Gasteiger partial charge in [0.2, 0.25) is 0 Å². The van der Waals surface area contributed by atoms with Crippen molar-refractivity contribution in [3.63, 3.8) is 0 Å². The van der Waals surface area contributed by atoms with Gasteiger partial charge < -0.3 is 4.74 Å². The van der Waals surface area contributed by atoms with Gasteiger partial charge in [-0.05, 0) is 12.8 Å². The number of aromatic nitrogens is 1. The molecule has 0 N–H and O–H groups in total. The van der Waals surface area contributed by atoms with Crippen LogP contribution >= 0.6 is 11.6 Å². The number of hydrogen-bond donors (Lipinski definition) is 0. The number of halogens is 1. The molecule has 0 radical (unpaired) electrons. The first-order chi connectivity index (χ1) is 6.98. The van der Waals surface area contributed by atoms with Gasteiger partial charge in [0.25, 0.3) is 0 Å². The fourth-order valence-corrected chi connectivity index (χ4v) is 1.85. The van der Waals surface area contributed by atoms with Crippen molar-refractivity contribution in [2.45, 2.75) is 45.1 Å². The highest BCUT2D eigenvalue weighted by Gasteiger charge is 2.27. The first-order valence-electron chi connectivity index (χ1n) is 5.30. The second-order valence-electron chi connectivity index (χ2n) is 5.04. The topological polar surface area (TPSA) is 22.1 Å². The molecule has 0 unspecified atom stereocenters. The molecule has 1 fully saturated rings. The molecule has 0 saturated heterocycles. The molecule has 0 amide bonds. The molecular formula is C12H16ClNO. The van der Waals surface area contributed by atoms with Crippen LogP contribution in [0.25, 0.3) is 0 Å². The van der Waals surface area contributed by atoms with E-state index in [1.807, 2.05) is 6.07 Å². The molecule has 1 aliphatic rings. The SMILES string of the molecule is CC(C)(C)c1nccc(OC2CC2)c1Cl. The van der Waals surface area contributed by atoms with Gasteiger partial charge in [0, 0.05) is 17.7 Å². The maximum absolute atomic E-state index is 6.28. The van der Waals surface area contributed by atoms with E-state index >= 15 is 0 Å². The average Bonchev–Trinajstić information content (AvgIpc) is 2.90. The maximum atomic E-state index is 6.28. The summed E-state index contributed by atoms with van der Waals surface area (Å²) in [6, 6.07) is 1.84. The Labute approximate surface area is 95.6 Å². The number of rotatable bonds is 2. The summed E-state index contributed by atoms with van der Waals surface area (Å²) >= 11 is 6.28. The van der Waals surface area contributed by atoms with Crippen LogP contribution in [0.15, 0.2) is 12.3 Å². The fraction of sp³-hybridized carbons (Fsp3) is 0.583. The average molecular weight is 226 g/mol. The highest BCUT2D eigenvalue weighted by Crippen LogP contribution is 2.36. The van der Waals surface area contributed by atoms with Crippen molar-refractivity contribution in [3.05, 3.63) is 23.0 Å². The summed E-state index contributed by atoms with van der Waals surface area (Å²) in [6.07, 6.45) is 4.43. The highest BCUT2D eigenvalue weighted by atomic mass is 35.5. The highest BCUT2D eigenvalue weighted by molar-refractivity contribution is 6.32. The van der Waals surface area contributed by atoms with Crippen LogP contribution in [-0.4, -0.2) is 11.1 Å². The van der Waals surface area contributed by atoms with Crippen LogP contribution in [0.5, 0.6) is 5.75 Å². The quantitative estimate of drug-likeness (QED) is 0.768. The summed E-state index contributed by atoms with van der Waals surface area (Å²) in [5.41, 5.74) is 0.863. The van der Waals surface area contributed by atoms with E-state index in [1.54, 1.807) is 6.20 Å². The Bertz CT molecular complexity index is 366. The molecule has 1 aromatic heterocycles. The van der Waals surface area contributed by atoms with Gasteiger partial charge in [-0.2, -0.15) is 0 Å². The standard InChI is InChI=1S/C12H16ClNO/c1-12(2,3)11-10(13)9(6-7-14-11)15-8-4-5-8/h6-8H,4-5H2,1-3H3. The predicted molar refractivity (Wildman–Crippen MR) is 61.6 cm³/mol. The smallest absolute Gasteiger partial charge is 0.141 e. The van der Waals surface area contributed by atoms with E-state index in [0.717, 1.165) is 24.3 Å². The van der Waals surface area contributed by atoms with Crippen molar-refractivity contribution in [2.24, 2.45) is 0 Å². The molecule has 1 aromatic rings. The van der Waals surface area contributed by atoms with Crippen molar-refractivity contribution < 1.29 is 4.74 Å². The van der Waals surface area contributed by atoms with E-state index in [4.69, 9.17) is 16.3 Å². The fourth-order valence-electron chi connectivity index (χ4n) is 1.41. The minimum atomic E-state index is -0.0417. The number of nitrogens with zero attached hydrogens (tertiary/aromatic N) is 1. The normalized spacial score (nSPS) is 16.5. The minimum absolute atomic E-state index is 0.0417. The van der Waals surface area contributed by atoms with Crippen LogP contribution in [0.2, 0.25) is 5.02 Å². The molecule has 0 aromatic carbocycles. The van der Waals surface area contributed by atoms with Crippen LogP contribution < -0.4 is 4.74 Å². The maximum Gasteiger partial charge on any atom is 0.141 e. The lowest BCUT2D eigenvalue weighted by Crippen LogP contribution is -2.14. The number of ether oxygens (including phenoxy) is 1. The molecule has 0 atom stereocenters. The van der Waals surface area contributed by atoms with Crippen molar-refractivity contribution >= 4 is 11.6 Å². The zero-order valence-corrected chi connectivity index (χ0v) is 10.1. The first-order valence-corrected chi connectivity index (χ1v) is 5.68. The first kappa shape index (κ1) is 10.7. The summed E-state index contributed by atoms with van der Waals surface area (Å²) in [5, 5.41) is 0.664. The third kappa shape index (κ3) is 2.43. The molecule has 15 heavy (non-hydrogen) atoms. The Hall–Kier alpha value is -0.760. The molecule has 1 aliphatic carbocycles. The van der Waals surface area contributed by atoms with E-state index in [-0.39, 0.29) is 5.41 Å². The summed E-state index contributed by atoms with van der Waals surface area (Å²) in [6.45, 7) is 6.30. The summed E-state index contributed by atoms with van der Waals surface area (Å²) < 4.78 is 5.72. The monoisotopic (exact) mass is 225 g/mol. The van der Waals surface area contributed by atoms with Gasteiger partial charge in [0.15, 0.2) is 0 Å². The van der Waals surface area contributed by atoms with Crippen LogP contribution in [-0.2, 0) is 5.41 Å². The Morgan fingerprint density at radius 2 is 2.07 bits per heavy atom. The molecule has 82 valence electrons. The van der Waals surface area contributed by atoms with Crippen molar-refractivity contribution in [2.75, 3.05) is 0 Å². The largest absolute Gasteiger partial charge is 0.489 e. The molecule has 2 rings (SSSR count). The Balaban J connectivity index is 2.31. The van der Waals surface area contributed by atoms with E-state index < -0.39 is 0 Å². The summed E-state index contributed by atoms with van der Waals surface area (Å²) in [5.74, 6) is 0.777. The number of hydrogen-bond acceptors (Lipinski definition) is 2. The zero-order chi connectivity index (χ0) is 11.1. The van der Waals surface area contributed by atoms with Gasteiger partial charge in [-0.3, -0.25) is 4.98 Å². The molecule has 0 aliphatic heterocycles. The van der Waals surface area contributed by atoms with Gasteiger partial charge in [0.1, 0.15) is 10.8 Å². The van der Waals surface area contributed by atoms with E-state index in [0.29, 0.717) is 11.1 Å². The van der Waals surface area contributed by atoms with Gasteiger partial charge >= 0.3 is 0 Å². The van der Waals surface area contributed by atoms with E-state index in [2.05, 4.69) is 25.8 Å². The molecule has 0 spiro atoms. The molecule has 2 nitrogen and oxygen atoms in total. The second-order valence-corrected chi connectivity index (χ2v) is 5.42. The van der Waals surface area contributed by atoms with E-state index in [1.165, 1.54) is 0 Å². The van der Waals surface area contributed by atoms with E-state index in [9.17, 15) is 0 Å².